The van der Waals surface area contributed by atoms with Crippen molar-refractivity contribution in [2.45, 2.75) is 31.2 Å². The Morgan fingerprint density at radius 2 is 1.91 bits per heavy atom. The second kappa shape index (κ2) is 9.22. The van der Waals surface area contributed by atoms with Crippen molar-refractivity contribution in [1.82, 2.24) is 20.2 Å². The molecule has 0 unspecified atom stereocenters. The summed E-state index contributed by atoms with van der Waals surface area (Å²) in [6.07, 6.45) is 9.82. The van der Waals surface area contributed by atoms with E-state index in [1.54, 1.807) is 18.6 Å². The van der Waals surface area contributed by atoms with Gasteiger partial charge in [-0.1, -0.05) is 54.1 Å². The molecule has 1 aliphatic carbocycles. The predicted molar refractivity (Wildman–Crippen MR) is 123 cm³/mol. The highest BCUT2D eigenvalue weighted by molar-refractivity contribution is 5.75. The van der Waals surface area contributed by atoms with Crippen LogP contribution in [0.1, 0.15) is 36.3 Å². The van der Waals surface area contributed by atoms with Crippen LogP contribution in [0.4, 0.5) is 4.79 Å². The van der Waals surface area contributed by atoms with E-state index in [1.165, 1.54) is 11.1 Å². The molecule has 2 heterocycles. The molecule has 1 saturated carbocycles. The number of hydrogen-bond donors (Lipinski definition) is 1. The predicted octanol–water partition coefficient (Wildman–Crippen LogP) is 5.01. The Morgan fingerprint density at radius 3 is 2.69 bits per heavy atom. The topological polar surface area (TPSA) is 67.4 Å². The summed E-state index contributed by atoms with van der Waals surface area (Å²) in [4.78, 5) is 22.8. The molecule has 2 amide bonds. The maximum absolute atomic E-state index is 12.7. The third kappa shape index (κ3) is 4.97. The van der Waals surface area contributed by atoms with Crippen molar-refractivity contribution < 1.29 is 9.53 Å². The molecule has 6 nitrogen and oxygen atoms in total. The van der Waals surface area contributed by atoms with E-state index in [0.29, 0.717) is 11.8 Å². The van der Waals surface area contributed by atoms with Crippen LogP contribution in [-0.4, -0.2) is 40.0 Å². The van der Waals surface area contributed by atoms with Gasteiger partial charge in [0.05, 0.1) is 6.20 Å². The van der Waals surface area contributed by atoms with Crippen LogP contribution in [0.3, 0.4) is 0 Å². The maximum Gasteiger partial charge on any atom is 0.317 e. The molecule has 0 radical (unpaired) electrons. The van der Waals surface area contributed by atoms with E-state index in [-0.39, 0.29) is 12.1 Å². The van der Waals surface area contributed by atoms with Gasteiger partial charge in [-0.25, -0.2) is 9.78 Å². The number of aromatic nitrogens is 2. The van der Waals surface area contributed by atoms with Crippen molar-refractivity contribution in [2.24, 2.45) is 0 Å². The summed E-state index contributed by atoms with van der Waals surface area (Å²) in [5.74, 6) is 1.66. The summed E-state index contributed by atoms with van der Waals surface area (Å²) < 4.78 is 5.78. The first-order chi connectivity index (χ1) is 15.7. The quantitative estimate of drug-likeness (QED) is 0.622. The Bertz CT molecular complexity index is 1090. The highest BCUT2D eigenvalue weighted by Crippen LogP contribution is 2.40. The lowest BCUT2D eigenvalue weighted by molar-refractivity contribution is 0.193. The normalized spacial score (nSPS) is 19.9. The van der Waals surface area contributed by atoms with E-state index >= 15 is 0 Å². The van der Waals surface area contributed by atoms with Crippen LogP contribution < -0.4 is 10.1 Å². The lowest BCUT2D eigenvalue weighted by atomic mass is 10.0. The Kier molecular flexibility index (Phi) is 5.83. The Morgan fingerprint density at radius 1 is 1.06 bits per heavy atom. The van der Waals surface area contributed by atoms with Crippen LogP contribution in [0, 0.1) is 0 Å². The molecule has 2 aromatic carbocycles. The van der Waals surface area contributed by atoms with Gasteiger partial charge in [0.2, 0.25) is 5.88 Å². The lowest BCUT2D eigenvalue weighted by Crippen LogP contribution is -2.44. The Hall–Kier alpha value is -3.67. The minimum Gasteiger partial charge on any atom is -0.437 e. The van der Waals surface area contributed by atoms with Crippen molar-refractivity contribution in [3.05, 3.63) is 89.9 Å². The second-order valence-electron chi connectivity index (χ2n) is 8.32. The summed E-state index contributed by atoms with van der Waals surface area (Å²) in [7, 11) is 0. The number of likely N-dealkylation sites (tertiary alicyclic amines) is 1. The fraction of sp³-hybridized carbons (Fsp3) is 0.269. The van der Waals surface area contributed by atoms with Gasteiger partial charge in [-0.05, 0) is 42.5 Å². The first-order valence-electron chi connectivity index (χ1n) is 11.1. The van der Waals surface area contributed by atoms with Crippen LogP contribution in [0.15, 0.2) is 78.8 Å². The van der Waals surface area contributed by atoms with Gasteiger partial charge < -0.3 is 15.0 Å². The monoisotopic (exact) mass is 426 g/mol. The number of urea groups is 1. The number of amides is 2. The van der Waals surface area contributed by atoms with Crippen LogP contribution in [0.25, 0.3) is 6.08 Å². The molecule has 6 heteroatoms. The summed E-state index contributed by atoms with van der Waals surface area (Å²) >= 11 is 0. The van der Waals surface area contributed by atoms with E-state index < -0.39 is 0 Å². The molecule has 1 aromatic heterocycles. The number of carbonyl (C=O) groups is 1. The Balaban J connectivity index is 1.13. The van der Waals surface area contributed by atoms with Gasteiger partial charge in [0.25, 0.3) is 0 Å². The zero-order chi connectivity index (χ0) is 21.8. The van der Waals surface area contributed by atoms with Gasteiger partial charge in [0.15, 0.2) is 0 Å². The van der Waals surface area contributed by atoms with Crippen molar-refractivity contribution in [1.29, 1.82) is 0 Å². The number of nitrogens with zero attached hydrogens (tertiary/aromatic N) is 3. The second-order valence-corrected chi connectivity index (χ2v) is 8.32. The number of ether oxygens (including phenoxy) is 1. The van der Waals surface area contributed by atoms with Gasteiger partial charge in [-0.15, -0.1) is 0 Å². The minimum atomic E-state index is 0.0619. The number of benzene rings is 2. The number of hydrogen-bond acceptors (Lipinski definition) is 4. The van der Waals surface area contributed by atoms with Crippen molar-refractivity contribution in [3.8, 4) is 11.6 Å². The fourth-order valence-electron chi connectivity index (χ4n) is 4.18. The van der Waals surface area contributed by atoms with Crippen LogP contribution in [-0.2, 0) is 0 Å². The molecule has 5 rings (SSSR count). The molecule has 2 aliphatic rings. The number of piperidine rings is 1. The highest BCUT2D eigenvalue weighted by atomic mass is 16.5. The molecule has 1 saturated heterocycles. The molecule has 0 bridgehead atoms. The molecule has 2 atom stereocenters. The van der Waals surface area contributed by atoms with Crippen molar-refractivity contribution in [2.75, 3.05) is 13.1 Å². The molecule has 2 fully saturated rings. The summed E-state index contributed by atoms with van der Waals surface area (Å²) in [6.45, 7) is 1.49. The summed E-state index contributed by atoms with van der Waals surface area (Å²) in [5.41, 5.74) is 3.74. The fourth-order valence-corrected chi connectivity index (χ4v) is 4.18. The average Bonchev–Trinajstić information content (AvgIpc) is 3.60. The molecule has 32 heavy (non-hydrogen) atoms. The van der Waals surface area contributed by atoms with Crippen molar-refractivity contribution in [3.63, 3.8) is 0 Å². The van der Waals surface area contributed by atoms with Gasteiger partial charge >= 0.3 is 6.03 Å². The van der Waals surface area contributed by atoms with E-state index in [4.69, 9.17) is 4.74 Å². The molecule has 0 spiro atoms. The molecule has 1 aliphatic heterocycles. The van der Waals surface area contributed by atoms with E-state index in [1.807, 2.05) is 29.2 Å². The maximum atomic E-state index is 12.7. The van der Waals surface area contributed by atoms with Gasteiger partial charge in [-0.2, -0.15) is 0 Å². The molecule has 162 valence electrons. The molecular formula is C26H26N4O2. The molecule has 1 N–H and O–H groups in total. The molecular weight excluding hydrogens is 400 g/mol. The van der Waals surface area contributed by atoms with Crippen molar-refractivity contribution >= 4 is 12.1 Å². The Labute approximate surface area is 188 Å². The number of rotatable bonds is 5. The third-order valence-corrected chi connectivity index (χ3v) is 6.01. The smallest absolute Gasteiger partial charge is 0.317 e. The first-order valence-corrected chi connectivity index (χ1v) is 11.1. The van der Waals surface area contributed by atoms with Gasteiger partial charge in [-0.3, -0.25) is 4.98 Å². The largest absolute Gasteiger partial charge is 0.437 e. The van der Waals surface area contributed by atoms with E-state index in [9.17, 15) is 4.79 Å². The SMILES string of the molecule is O=C(N[C@H]1C[C@@H]1c1ccccc1)N1CCC(=Cc2cccc(Oc3cnccn3)c2)CC1. The van der Waals surface area contributed by atoms with Gasteiger partial charge in [0, 0.05) is 37.4 Å². The number of nitrogens with one attached hydrogen (secondary N) is 1. The lowest BCUT2D eigenvalue weighted by Gasteiger charge is -2.28. The van der Waals surface area contributed by atoms with Crippen LogP contribution in [0.2, 0.25) is 0 Å². The van der Waals surface area contributed by atoms with E-state index in [0.717, 1.165) is 43.7 Å². The zero-order valence-corrected chi connectivity index (χ0v) is 17.9. The zero-order valence-electron chi connectivity index (χ0n) is 17.9. The number of carbonyl (C=O) groups excluding carboxylic acids is 1. The first kappa shape index (κ1) is 20.2. The highest BCUT2D eigenvalue weighted by Gasteiger charge is 2.40. The third-order valence-electron chi connectivity index (χ3n) is 6.01. The van der Waals surface area contributed by atoms with Crippen LogP contribution in [0.5, 0.6) is 11.6 Å². The average molecular weight is 427 g/mol. The minimum absolute atomic E-state index is 0.0619. The standard InChI is InChI=1S/C26H26N4O2/c31-26(29-24-17-23(24)21-6-2-1-3-7-21)30-13-9-19(10-14-30)15-20-5-4-8-22(16-20)32-25-18-27-11-12-28-25/h1-8,11-12,15-16,18,23-24H,9-10,13-14,17H2,(H,29,31)/t23-,24+/m1/s1. The summed E-state index contributed by atoms with van der Waals surface area (Å²) in [6, 6.07) is 18.7. The van der Waals surface area contributed by atoms with E-state index in [2.05, 4.69) is 51.7 Å². The van der Waals surface area contributed by atoms with Crippen LogP contribution >= 0.6 is 0 Å². The van der Waals surface area contributed by atoms with Gasteiger partial charge in [0.1, 0.15) is 5.75 Å². The summed E-state index contributed by atoms with van der Waals surface area (Å²) in [5, 5.41) is 3.21. The molecule has 3 aromatic rings.